The van der Waals surface area contributed by atoms with Gasteiger partial charge in [-0.15, -0.1) is 0 Å². The van der Waals surface area contributed by atoms with E-state index >= 15 is 0 Å². The first-order valence-electron chi connectivity index (χ1n) is 5.97. The normalized spacial score (nSPS) is 10.4. The van der Waals surface area contributed by atoms with Crippen LogP contribution in [0.2, 0.25) is 0 Å². The zero-order valence-electron chi connectivity index (χ0n) is 11.0. The largest absolute Gasteiger partial charge is 0.383 e. The summed E-state index contributed by atoms with van der Waals surface area (Å²) in [6, 6.07) is 5.55. The third-order valence-electron chi connectivity index (χ3n) is 2.71. The van der Waals surface area contributed by atoms with Crippen molar-refractivity contribution in [1.29, 1.82) is 0 Å². The second-order valence-electron chi connectivity index (χ2n) is 3.99. The molecule has 0 radical (unpaired) electrons. The van der Waals surface area contributed by atoms with Crippen LogP contribution in [0.25, 0.3) is 5.82 Å². The Bertz CT molecular complexity index is 551. The molecule has 2 aromatic heterocycles. The smallest absolute Gasteiger partial charge is 0.254 e. The van der Waals surface area contributed by atoms with Crippen LogP contribution in [0.3, 0.4) is 0 Å². The third kappa shape index (κ3) is 2.97. The average Bonchev–Trinajstić information content (AvgIpc) is 2.82. The third-order valence-corrected chi connectivity index (χ3v) is 2.71. The Morgan fingerprint density at radius 1 is 1.47 bits per heavy atom. The molecule has 100 valence electrons. The maximum atomic E-state index is 11.9. The molecule has 0 spiro atoms. The van der Waals surface area contributed by atoms with Crippen LogP contribution in [0.15, 0.2) is 30.6 Å². The van der Waals surface area contributed by atoms with Gasteiger partial charge in [-0.3, -0.25) is 4.79 Å². The SMILES string of the molecule is COCCNC(=O)c1cnn(-c2ccccn2)c1C. The maximum absolute atomic E-state index is 11.9. The number of ether oxygens (including phenoxy) is 1. The molecular formula is C13H16N4O2. The van der Waals surface area contributed by atoms with E-state index in [2.05, 4.69) is 15.4 Å². The van der Waals surface area contributed by atoms with Crippen molar-refractivity contribution in [1.82, 2.24) is 20.1 Å². The highest BCUT2D eigenvalue weighted by atomic mass is 16.5. The van der Waals surface area contributed by atoms with E-state index in [0.29, 0.717) is 24.5 Å². The Labute approximate surface area is 111 Å². The first-order valence-corrected chi connectivity index (χ1v) is 5.97. The van der Waals surface area contributed by atoms with Crippen molar-refractivity contribution in [2.24, 2.45) is 0 Å². The summed E-state index contributed by atoms with van der Waals surface area (Å²) in [6.45, 7) is 2.80. The van der Waals surface area contributed by atoms with Crippen LogP contribution in [-0.4, -0.2) is 40.9 Å². The van der Waals surface area contributed by atoms with Gasteiger partial charge in [-0.1, -0.05) is 6.07 Å². The molecule has 0 aromatic carbocycles. The van der Waals surface area contributed by atoms with Crippen molar-refractivity contribution < 1.29 is 9.53 Å². The number of nitrogens with zero attached hydrogens (tertiary/aromatic N) is 3. The molecule has 0 saturated carbocycles. The number of carbonyl (C=O) groups excluding carboxylic acids is 1. The van der Waals surface area contributed by atoms with E-state index in [0.717, 1.165) is 5.69 Å². The number of amides is 1. The average molecular weight is 260 g/mol. The molecule has 1 amide bonds. The highest BCUT2D eigenvalue weighted by molar-refractivity contribution is 5.95. The minimum absolute atomic E-state index is 0.156. The molecule has 6 heteroatoms. The second kappa shape index (κ2) is 6.10. The monoisotopic (exact) mass is 260 g/mol. The molecule has 0 fully saturated rings. The van der Waals surface area contributed by atoms with Gasteiger partial charge < -0.3 is 10.1 Å². The minimum atomic E-state index is -0.156. The summed E-state index contributed by atoms with van der Waals surface area (Å²) in [7, 11) is 1.59. The topological polar surface area (TPSA) is 69.0 Å². The lowest BCUT2D eigenvalue weighted by Gasteiger charge is -2.05. The van der Waals surface area contributed by atoms with Crippen molar-refractivity contribution in [2.45, 2.75) is 6.92 Å². The Hall–Kier alpha value is -2.21. The van der Waals surface area contributed by atoms with E-state index < -0.39 is 0 Å². The fourth-order valence-electron chi connectivity index (χ4n) is 1.70. The Morgan fingerprint density at radius 2 is 2.32 bits per heavy atom. The van der Waals surface area contributed by atoms with Gasteiger partial charge in [0.25, 0.3) is 5.91 Å². The Kier molecular flexibility index (Phi) is 4.25. The summed E-state index contributed by atoms with van der Waals surface area (Å²) >= 11 is 0. The number of carbonyl (C=O) groups is 1. The fourth-order valence-corrected chi connectivity index (χ4v) is 1.70. The van der Waals surface area contributed by atoms with E-state index in [1.54, 1.807) is 24.2 Å². The molecule has 1 N–H and O–H groups in total. The number of aromatic nitrogens is 3. The predicted molar refractivity (Wildman–Crippen MR) is 70.3 cm³/mol. The van der Waals surface area contributed by atoms with Crippen molar-refractivity contribution in [3.8, 4) is 5.82 Å². The fraction of sp³-hybridized carbons (Fsp3) is 0.308. The number of hydrogen-bond acceptors (Lipinski definition) is 4. The molecule has 0 aliphatic heterocycles. The van der Waals surface area contributed by atoms with Gasteiger partial charge in [0.05, 0.1) is 24.1 Å². The number of methoxy groups -OCH3 is 1. The van der Waals surface area contributed by atoms with Gasteiger partial charge in [0, 0.05) is 19.9 Å². The molecule has 0 atom stereocenters. The van der Waals surface area contributed by atoms with Crippen LogP contribution >= 0.6 is 0 Å². The number of pyridine rings is 1. The van der Waals surface area contributed by atoms with E-state index in [-0.39, 0.29) is 5.91 Å². The van der Waals surface area contributed by atoms with Gasteiger partial charge >= 0.3 is 0 Å². The van der Waals surface area contributed by atoms with Crippen molar-refractivity contribution in [3.63, 3.8) is 0 Å². The summed E-state index contributed by atoms with van der Waals surface area (Å²) in [5, 5.41) is 6.97. The van der Waals surface area contributed by atoms with Crippen molar-refractivity contribution >= 4 is 5.91 Å². The van der Waals surface area contributed by atoms with Crippen LogP contribution in [0.4, 0.5) is 0 Å². The van der Waals surface area contributed by atoms with E-state index in [1.807, 2.05) is 25.1 Å². The first kappa shape index (κ1) is 13.2. The van der Waals surface area contributed by atoms with Gasteiger partial charge in [-0.05, 0) is 19.1 Å². The van der Waals surface area contributed by atoms with Crippen LogP contribution in [0.1, 0.15) is 16.1 Å². The number of rotatable bonds is 5. The van der Waals surface area contributed by atoms with Gasteiger partial charge in [-0.25, -0.2) is 9.67 Å². The highest BCUT2D eigenvalue weighted by Crippen LogP contribution is 2.11. The predicted octanol–water partition coefficient (Wildman–Crippen LogP) is 0.952. The summed E-state index contributed by atoms with van der Waals surface area (Å²) in [4.78, 5) is 16.2. The van der Waals surface area contributed by atoms with Crippen LogP contribution in [0, 0.1) is 6.92 Å². The molecule has 0 aliphatic carbocycles. The molecule has 0 unspecified atom stereocenters. The maximum Gasteiger partial charge on any atom is 0.254 e. The minimum Gasteiger partial charge on any atom is -0.383 e. The van der Waals surface area contributed by atoms with Crippen molar-refractivity contribution in [3.05, 3.63) is 41.9 Å². The molecule has 0 bridgehead atoms. The van der Waals surface area contributed by atoms with Gasteiger partial charge in [-0.2, -0.15) is 5.10 Å². The standard InChI is InChI=1S/C13H16N4O2/c1-10-11(13(18)15-7-8-19-2)9-16-17(10)12-5-3-4-6-14-12/h3-6,9H,7-8H2,1-2H3,(H,15,18). The van der Waals surface area contributed by atoms with E-state index in [1.165, 1.54) is 0 Å². The van der Waals surface area contributed by atoms with E-state index in [9.17, 15) is 4.79 Å². The van der Waals surface area contributed by atoms with Crippen molar-refractivity contribution in [2.75, 3.05) is 20.3 Å². The molecule has 0 saturated heterocycles. The molecule has 2 heterocycles. The molecule has 0 aliphatic rings. The zero-order valence-corrected chi connectivity index (χ0v) is 11.0. The molecule has 2 aromatic rings. The Balaban J connectivity index is 2.17. The lowest BCUT2D eigenvalue weighted by molar-refractivity contribution is 0.0936. The van der Waals surface area contributed by atoms with E-state index in [4.69, 9.17) is 4.74 Å². The first-order chi connectivity index (χ1) is 9.24. The van der Waals surface area contributed by atoms with Gasteiger partial charge in [0.1, 0.15) is 0 Å². The quantitative estimate of drug-likeness (QED) is 0.813. The highest BCUT2D eigenvalue weighted by Gasteiger charge is 2.14. The molecule has 6 nitrogen and oxygen atoms in total. The number of hydrogen-bond donors (Lipinski definition) is 1. The summed E-state index contributed by atoms with van der Waals surface area (Å²) in [5.74, 6) is 0.535. The second-order valence-corrected chi connectivity index (χ2v) is 3.99. The summed E-state index contributed by atoms with van der Waals surface area (Å²) < 4.78 is 6.53. The lowest BCUT2D eigenvalue weighted by atomic mass is 10.2. The zero-order chi connectivity index (χ0) is 13.7. The van der Waals surface area contributed by atoms with Crippen LogP contribution < -0.4 is 5.32 Å². The van der Waals surface area contributed by atoms with Crippen LogP contribution in [0.5, 0.6) is 0 Å². The molecule has 2 rings (SSSR count). The summed E-state index contributed by atoms with van der Waals surface area (Å²) in [6.07, 6.45) is 3.24. The number of nitrogens with one attached hydrogen (secondary N) is 1. The van der Waals surface area contributed by atoms with Crippen LogP contribution in [-0.2, 0) is 4.74 Å². The van der Waals surface area contributed by atoms with Gasteiger partial charge in [0.2, 0.25) is 0 Å². The molecule has 19 heavy (non-hydrogen) atoms. The lowest BCUT2D eigenvalue weighted by Crippen LogP contribution is -2.27. The molecular weight excluding hydrogens is 244 g/mol. The Morgan fingerprint density at radius 3 is 3.00 bits per heavy atom. The van der Waals surface area contributed by atoms with Gasteiger partial charge in [0.15, 0.2) is 5.82 Å². The summed E-state index contributed by atoms with van der Waals surface area (Å²) in [5.41, 5.74) is 1.30.